The van der Waals surface area contributed by atoms with Gasteiger partial charge in [-0.1, -0.05) is 12.1 Å². The van der Waals surface area contributed by atoms with E-state index in [1.165, 1.54) is 10.5 Å². The van der Waals surface area contributed by atoms with Gasteiger partial charge in [0.1, 0.15) is 0 Å². The van der Waals surface area contributed by atoms with Crippen LogP contribution < -0.4 is 10.6 Å². The van der Waals surface area contributed by atoms with Crippen LogP contribution in [-0.2, 0) is 6.42 Å². The summed E-state index contributed by atoms with van der Waals surface area (Å²) in [5.74, 6) is 0.873. The highest BCUT2D eigenvalue weighted by molar-refractivity contribution is 14.0. The highest BCUT2D eigenvalue weighted by Gasteiger charge is 2.34. The van der Waals surface area contributed by atoms with E-state index in [-0.39, 0.29) is 29.9 Å². The Morgan fingerprint density at radius 2 is 2.00 bits per heavy atom. The predicted molar refractivity (Wildman–Crippen MR) is 127 cm³/mol. The Labute approximate surface area is 198 Å². The summed E-state index contributed by atoms with van der Waals surface area (Å²) in [5.41, 5.74) is 2.22. The lowest BCUT2D eigenvalue weighted by Crippen LogP contribution is -2.38. The van der Waals surface area contributed by atoms with Crippen molar-refractivity contribution in [3.05, 3.63) is 48.3 Å². The van der Waals surface area contributed by atoms with Crippen molar-refractivity contribution in [3.63, 3.8) is 0 Å². The Morgan fingerprint density at radius 3 is 2.65 bits per heavy atom. The third-order valence-corrected chi connectivity index (χ3v) is 5.04. The second-order valence-corrected chi connectivity index (χ2v) is 7.52. The zero-order chi connectivity index (χ0) is 21.4. The van der Waals surface area contributed by atoms with Gasteiger partial charge in [-0.25, -0.2) is 4.68 Å². The van der Waals surface area contributed by atoms with Gasteiger partial charge in [0.15, 0.2) is 5.96 Å². The molecule has 2 N–H and O–H groups in total. The molecule has 1 aliphatic rings. The molecule has 1 unspecified atom stereocenters. The highest BCUT2D eigenvalue weighted by atomic mass is 127. The summed E-state index contributed by atoms with van der Waals surface area (Å²) in [4.78, 5) is 6.05. The SMILES string of the molecule is CCNC(=NCC1CCN(CC(F)(F)F)C1)NCCc1ccc(-n2cccn2)cc1.I. The maximum absolute atomic E-state index is 12.5. The first kappa shape index (κ1) is 25.4. The van der Waals surface area contributed by atoms with E-state index in [4.69, 9.17) is 0 Å². The van der Waals surface area contributed by atoms with Crippen molar-refractivity contribution in [3.8, 4) is 5.69 Å². The Kier molecular flexibility index (Phi) is 10.1. The molecule has 1 aliphatic heterocycles. The second-order valence-electron chi connectivity index (χ2n) is 7.52. The summed E-state index contributed by atoms with van der Waals surface area (Å²) in [6, 6.07) is 10.1. The van der Waals surface area contributed by atoms with Crippen molar-refractivity contribution in [1.82, 2.24) is 25.3 Å². The third kappa shape index (κ3) is 8.68. The van der Waals surface area contributed by atoms with Crippen LogP contribution in [0.25, 0.3) is 5.69 Å². The Balaban J connectivity index is 0.00000341. The number of hydrogen-bond donors (Lipinski definition) is 2. The topological polar surface area (TPSA) is 57.5 Å². The van der Waals surface area contributed by atoms with Gasteiger partial charge < -0.3 is 10.6 Å². The van der Waals surface area contributed by atoms with Gasteiger partial charge in [-0.3, -0.25) is 9.89 Å². The van der Waals surface area contributed by atoms with Crippen LogP contribution in [0.15, 0.2) is 47.7 Å². The number of likely N-dealkylation sites (tertiary alicyclic amines) is 1. The minimum absolute atomic E-state index is 0. The monoisotopic (exact) mass is 550 g/mol. The standard InChI is InChI=1S/C21H29F3N6.HI/c1-2-25-20(27-14-18-9-13-29(15-18)16-21(22,23)24)26-11-8-17-4-6-19(7-5-17)30-12-3-10-28-30;/h3-7,10,12,18H,2,8-9,11,13-16H2,1H3,(H2,25,26,27);1H. The van der Waals surface area contributed by atoms with Crippen molar-refractivity contribution in [2.24, 2.45) is 10.9 Å². The van der Waals surface area contributed by atoms with Crippen LogP contribution in [0.2, 0.25) is 0 Å². The fourth-order valence-electron chi connectivity index (χ4n) is 3.58. The number of nitrogens with zero attached hydrogens (tertiary/aromatic N) is 4. The number of aliphatic imine (C=N–C) groups is 1. The van der Waals surface area contributed by atoms with Crippen molar-refractivity contribution >= 4 is 29.9 Å². The van der Waals surface area contributed by atoms with Crippen molar-refractivity contribution in [1.29, 1.82) is 0 Å². The highest BCUT2D eigenvalue weighted by Crippen LogP contribution is 2.22. The first-order chi connectivity index (χ1) is 14.4. The van der Waals surface area contributed by atoms with Crippen LogP contribution in [0.5, 0.6) is 0 Å². The summed E-state index contributed by atoms with van der Waals surface area (Å²) in [5, 5.41) is 10.7. The first-order valence-corrected chi connectivity index (χ1v) is 10.3. The molecular formula is C21H30F3IN6. The predicted octanol–water partition coefficient (Wildman–Crippen LogP) is 3.47. The largest absolute Gasteiger partial charge is 0.401 e. The molecule has 1 fully saturated rings. The number of rotatable bonds is 8. The van der Waals surface area contributed by atoms with Crippen LogP contribution in [0.4, 0.5) is 13.2 Å². The quantitative estimate of drug-likeness (QED) is 0.301. The number of hydrogen-bond acceptors (Lipinski definition) is 3. The lowest BCUT2D eigenvalue weighted by atomic mass is 10.1. The average molecular weight is 550 g/mol. The molecule has 0 radical (unpaired) electrons. The normalized spacial score (nSPS) is 17.4. The first-order valence-electron chi connectivity index (χ1n) is 10.3. The second kappa shape index (κ2) is 12.3. The van der Waals surface area contributed by atoms with Crippen molar-refractivity contribution < 1.29 is 13.2 Å². The fourth-order valence-corrected chi connectivity index (χ4v) is 3.58. The summed E-state index contributed by atoms with van der Waals surface area (Å²) < 4.78 is 39.4. The Hall–Kier alpha value is -1.82. The van der Waals surface area contributed by atoms with Gasteiger partial charge in [0.2, 0.25) is 0 Å². The Bertz CT molecular complexity index is 792. The van der Waals surface area contributed by atoms with Gasteiger partial charge in [0.25, 0.3) is 0 Å². The molecule has 0 aliphatic carbocycles. The summed E-state index contributed by atoms with van der Waals surface area (Å²) in [6.45, 7) is 4.08. The molecule has 0 bridgehead atoms. The zero-order valence-corrected chi connectivity index (χ0v) is 19.9. The molecule has 31 heavy (non-hydrogen) atoms. The van der Waals surface area contributed by atoms with Crippen LogP contribution >= 0.6 is 24.0 Å². The maximum Gasteiger partial charge on any atom is 0.401 e. The van der Waals surface area contributed by atoms with E-state index in [1.807, 2.05) is 36.0 Å². The summed E-state index contributed by atoms with van der Waals surface area (Å²) in [6.07, 6.45) is 1.11. The smallest absolute Gasteiger partial charge is 0.357 e. The number of alkyl halides is 3. The maximum atomic E-state index is 12.5. The molecule has 1 aromatic heterocycles. The molecule has 0 amide bonds. The minimum atomic E-state index is -4.13. The van der Waals surface area contributed by atoms with Crippen LogP contribution in [0.3, 0.4) is 0 Å². The molecule has 2 aromatic rings. The number of nitrogens with one attached hydrogen (secondary N) is 2. The molecule has 10 heteroatoms. The molecule has 2 heterocycles. The molecule has 3 rings (SSSR count). The van der Waals surface area contributed by atoms with E-state index < -0.39 is 12.7 Å². The fraction of sp³-hybridized carbons (Fsp3) is 0.524. The van der Waals surface area contributed by atoms with E-state index in [0.29, 0.717) is 25.6 Å². The molecule has 6 nitrogen and oxygen atoms in total. The van der Waals surface area contributed by atoms with Crippen LogP contribution in [0.1, 0.15) is 18.9 Å². The van der Waals surface area contributed by atoms with Gasteiger partial charge in [-0.05, 0) is 56.0 Å². The molecule has 1 saturated heterocycles. The number of aromatic nitrogens is 2. The molecule has 1 aromatic carbocycles. The van der Waals surface area contributed by atoms with Crippen LogP contribution in [-0.4, -0.2) is 66.1 Å². The molecule has 0 spiro atoms. The van der Waals surface area contributed by atoms with Crippen molar-refractivity contribution in [2.45, 2.75) is 25.9 Å². The summed E-state index contributed by atoms with van der Waals surface area (Å²) in [7, 11) is 0. The van der Waals surface area contributed by atoms with Gasteiger partial charge in [0, 0.05) is 38.6 Å². The number of benzene rings is 1. The zero-order valence-electron chi connectivity index (χ0n) is 17.6. The molecule has 172 valence electrons. The van der Waals surface area contributed by atoms with E-state index in [9.17, 15) is 13.2 Å². The number of halogens is 4. The van der Waals surface area contributed by atoms with Crippen LogP contribution in [0, 0.1) is 5.92 Å². The lowest BCUT2D eigenvalue weighted by molar-refractivity contribution is -0.143. The van der Waals surface area contributed by atoms with Crippen molar-refractivity contribution in [2.75, 3.05) is 39.3 Å². The van der Waals surface area contributed by atoms with E-state index >= 15 is 0 Å². The third-order valence-electron chi connectivity index (χ3n) is 5.04. The van der Waals surface area contributed by atoms with Gasteiger partial charge in [-0.2, -0.15) is 18.3 Å². The minimum Gasteiger partial charge on any atom is -0.357 e. The van der Waals surface area contributed by atoms with E-state index in [1.54, 1.807) is 6.20 Å². The van der Waals surface area contributed by atoms with Gasteiger partial charge in [-0.15, -0.1) is 24.0 Å². The number of guanidine groups is 1. The molecule has 0 saturated carbocycles. The van der Waals surface area contributed by atoms with Gasteiger partial charge >= 0.3 is 6.18 Å². The average Bonchev–Trinajstić information content (AvgIpc) is 3.38. The molecule has 1 atom stereocenters. The van der Waals surface area contributed by atoms with Gasteiger partial charge in [0.05, 0.1) is 12.2 Å². The van der Waals surface area contributed by atoms with E-state index in [0.717, 1.165) is 31.6 Å². The summed E-state index contributed by atoms with van der Waals surface area (Å²) >= 11 is 0. The van der Waals surface area contributed by atoms with E-state index in [2.05, 4.69) is 32.9 Å². The Morgan fingerprint density at radius 1 is 1.23 bits per heavy atom. The lowest BCUT2D eigenvalue weighted by Gasteiger charge is -2.17. The molecular weight excluding hydrogens is 520 g/mol.